The Hall–Kier alpha value is -1.69. The average molecular weight is 555 g/mol. The maximum atomic E-state index is 14.4. The normalized spacial score (nSPS) is 45.6. The second-order valence-electron chi connectivity index (χ2n) is 16.0. The maximum absolute atomic E-state index is 14.4. The van der Waals surface area contributed by atoms with Gasteiger partial charge >= 0.3 is 5.97 Å². The van der Waals surface area contributed by atoms with Gasteiger partial charge in [0.15, 0.2) is 5.78 Å². The zero-order chi connectivity index (χ0) is 29.3. The summed E-state index contributed by atoms with van der Waals surface area (Å²) < 4.78 is 5.84. The van der Waals surface area contributed by atoms with Gasteiger partial charge in [0, 0.05) is 30.2 Å². The second kappa shape index (κ2) is 9.95. The minimum absolute atomic E-state index is 0.0102. The number of nitrogens with two attached hydrogens (primary N) is 1. The second-order valence-corrected chi connectivity index (χ2v) is 16.0. The first kappa shape index (κ1) is 29.8. The predicted molar refractivity (Wildman–Crippen MR) is 157 cm³/mol. The molecule has 0 bridgehead atoms. The van der Waals surface area contributed by atoms with Gasteiger partial charge in [0.05, 0.1) is 0 Å². The van der Waals surface area contributed by atoms with Crippen molar-refractivity contribution in [2.24, 2.45) is 56.5 Å². The third kappa shape index (κ3) is 4.41. The molecule has 5 rings (SSSR count). The fourth-order valence-corrected chi connectivity index (χ4v) is 11.0. The highest BCUT2D eigenvalue weighted by Crippen LogP contribution is 2.71. The summed E-state index contributed by atoms with van der Waals surface area (Å²) in [6.45, 7) is 16.6. The minimum Gasteiger partial charge on any atom is -0.462 e. The van der Waals surface area contributed by atoms with Crippen molar-refractivity contribution in [1.29, 1.82) is 0 Å². The molecule has 0 heterocycles. The molecule has 0 aromatic carbocycles. The van der Waals surface area contributed by atoms with Gasteiger partial charge in [-0.05, 0) is 111 Å². The molecule has 0 saturated heterocycles. The molecule has 1 amide bonds. The van der Waals surface area contributed by atoms with E-state index < -0.39 is 5.41 Å². The maximum Gasteiger partial charge on any atom is 0.302 e. The summed E-state index contributed by atoms with van der Waals surface area (Å²) in [4.78, 5) is 39.7. The largest absolute Gasteiger partial charge is 0.462 e. The fraction of sp³-hybridized carbons (Fsp3) is 0.853. The highest BCUT2D eigenvalue weighted by molar-refractivity contribution is 5.95. The van der Waals surface area contributed by atoms with Gasteiger partial charge in [0.25, 0.3) is 0 Å². The number of hydrogen-bond donors (Lipinski definition) is 2. The number of fused-ring (bicyclic) bond motifs is 7. The van der Waals surface area contributed by atoms with E-state index in [4.69, 9.17) is 10.5 Å². The summed E-state index contributed by atoms with van der Waals surface area (Å²) in [5.74, 6) is 1.24. The number of hydrogen-bond acceptors (Lipinski definition) is 5. The first-order valence-electron chi connectivity index (χ1n) is 16.0. The Morgan fingerprint density at radius 2 is 1.65 bits per heavy atom. The van der Waals surface area contributed by atoms with Crippen LogP contribution in [0.1, 0.15) is 113 Å². The zero-order valence-electron chi connectivity index (χ0n) is 26.2. The molecular formula is C34H54N2O4. The summed E-state index contributed by atoms with van der Waals surface area (Å²) in [6, 6.07) is 0. The van der Waals surface area contributed by atoms with Crippen LogP contribution in [0.4, 0.5) is 0 Å². The van der Waals surface area contributed by atoms with E-state index >= 15 is 0 Å². The van der Waals surface area contributed by atoms with Crippen LogP contribution in [0.15, 0.2) is 11.6 Å². The number of allylic oxidation sites excluding steroid dienone is 2. The number of ketones is 1. The van der Waals surface area contributed by atoms with Crippen LogP contribution in [0, 0.1) is 50.7 Å². The van der Waals surface area contributed by atoms with Gasteiger partial charge in [0.1, 0.15) is 6.10 Å². The number of carbonyl (C=O) groups excluding carboxylic acids is 3. The van der Waals surface area contributed by atoms with Gasteiger partial charge in [-0.2, -0.15) is 0 Å². The lowest BCUT2D eigenvalue weighted by atomic mass is 9.37. The van der Waals surface area contributed by atoms with E-state index in [9.17, 15) is 14.4 Å². The smallest absolute Gasteiger partial charge is 0.302 e. The van der Waals surface area contributed by atoms with Crippen molar-refractivity contribution in [3.05, 3.63) is 11.6 Å². The quantitative estimate of drug-likeness (QED) is 0.322. The van der Waals surface area contributed by atoms with Gasteiger partial charge in [-0.25, -0.2) is 0 Å². The Kier molecular flexibility index (Phi) is 7.41. The Labute approximate surface area is 242 Å². The van der Waals surface area contributed by atoms with Crippen molar-refractivity contribution in [2.75, 3.05) is 13.1 Å². The van der Waals surface area contributed by atoms with Crippen LogP contribution in [0.25, 0.3) is 0 Å². The standard InChI is InChI=1S/C34H54N2O4/c1-21(37)40-27-11-14-34(7)26(30(27,2)3)10-13-33(6)23-9-12-31(4)15-16-32(5,29(39)36-18-8-17-35)20-24(31)22(23)19-25(38)28(33)34/h19,23-24,26-28H,8-18,20,35H2,1-7H3,(H,36,39)/t23?,24?,26-,27-,28-,31-,32-,33-,34-/m0/s1. The van der Waals surface area contributed by atoms with Crippen LogP contribution in [-0.2, 0) is 19.1 Å². The molecule has 4 saturated carbocycles. The summed E-state index contributed by atoms with van der Waals surface area (Å²) in [6.07, 6.45) is 11.7. The summed E-state index contributed by atoms with van der Waals surface area (Å²) in [5, 5.41) is 3.16. The third-order valence-corrected chi connectivity index (χ3v) is 13.2. The van der Waals surface area contributed by atoms with Crippen molar-refractivity contribution in [2.45, 2.75) is 119 Å². The molecule has 5 aliphatic rings. The van der Waals surface area contributed by atoms with Crippen molar-refractivity contribution in [3.63, 3.8) is 0 Å². The first-order valence-corrected chi connectivity index (χ1v) is 16.0. The summed E-state index contributed by atoms with van der Waals surface area (Å²) in [5.41, 5.74) is 6.40. The molecule has 5 aliphatic carbocycles. The third-order valence-electron chi connectivity index (χ3n) is 13.2. The van der Waals surface area contributed by atoms with Crippen molar-refractivity contribution >= 4 is 17.7 Å². The van der Waals surface area contributed by atoms with Crippen LogP contribution >= 0.6 is 0 Å². The molecule has 0 aromatic heterocycles. The van der Waals surface area contributed by atoms with E-state index in [1.54, 1.807) is 0 Å². The molecule has 9 atom stereocenters. The molecule has 0 spiro atoms. The highest BCUT2D eigenvalue weighted by Gasteiger charge is 2.67. The van der Waals surface area contributed by atoms with E-state index in [0.29, 0.717) is 30.7 Å². The van der Waals surface area contributed by atoms with E-state index in [1.807, 2.05) is 0 Å². The summed E-state index contributed by atoms with van der Waals surface area (Å²) >= 11 is 0. The zero-order valence-corrected chi connectivity index (χ0v) is 26.2. The van der Waals surface area contributed by atoms with Gasteiger partial charge < -0.3 is 15.8 Å². The number of rotatable bonds is 5. The predicted octanol–water partition coefficient (Wildman–Crippen LogP) is 5.97. The first-order chi connectivity index (χ1) is 18.6. The molecule has 2 unspecified atom stereocenters. The molecule has 3 N–H and O–H groups in total. The Morgan fingerprint density at radius 1 is 0.950 bits per heavy atom. The Bertz CT molecular complexity index is 1100. The van der Waals surface area contributed by atoms with Crippen LogP contribution in [0.5, 0.6) is 0 Å². The van der Waals surface area contributed by atoms with Gasteiger partial charge in [-0.3, -0.25) is 14.4 Å². The molecule has 40 heavy (non-hydrogen) atoms. The number of amides is 1. The fourth-order valence-electron chi connectivity index (χ4n) is 11.0. The summed E-state index contributed by atoms with van der Waals surface area (Å²) in [7, 11) is 0. The van der Waals surface area contributed by atoms with E-state index in [1.165, 1.54) is 18.9 Å². The number of esters is 1. The molecule has 0 aliphatic heterocycles. The van der Waals surface area contributed by atoms with Crippen LogP contribution in [0.2, 0.25) is 0 Å². The molecule has 0 aromatic rings. The van der Waals surface area contributed by atoms with Crippen LogP contribution in [-0.4, -0.2) is 36.9 Å². The lowest BCUT2D eigenvalue weighted by Crippen LogP contribution is -2.64. The molecule has 6 heteroatoms. The van der Waals surface area contributed by atoms with Crippen LogP contribution < -0.4 is 11.1 Å². The molecule has 0 radical (unpaired) electrons. The lowest BCUT2D eigenvalue weighted by Gasteiger charge is -2.67. The Morgan fingerprint density at radius 3 is 2.33 bits per heavy atom. The Balaban J connectivity index is 1.47. The number of ether oxygens (including phenoxy) is 1. The van der Waals surface area contributed by atoms with E-state index in [2.05, 4.69) is 52.9 Å². The SMILES string of the molecule is CC(=O)O[C@H]1CC[C@]2(C)[C@H]3C(=O)C=C4C5C[C@@](C)(C(=O)NCCCN)CC[C@]5(C)CCC4[C@]3(C)CC[C@H]2C1(C)C. The molecule has 6 nitrogen and oxygen atoms in total. The number of nitrogens with one attached hydrogen (secondary N) is 1. The van der Waals surface area contributed by atoms with Gasteiger partial charge in [-0.1, -0.05) is 47.1 Å². The minimum atomic E-state index is -0.412. The highest BCUT2D eigenvalue weighted by atomic mass is 16.5. The average Bonchev–Trinajstić information content (AvgIpc) is 2.86. The molecular weight excluding hydrogens is 500 g/mol. The van der Waals surface area contributed by atoms with E-state index in [-0.39, 0.29) is 51.5 Å². The van der Waals surface area contributed by atoms with Crippen molar-refractivity contribution in [1.82, 2.24) is 5.32 Å². The van der Waals surface area contributed by atoms with Crippen LogP contribution in [0.3, 0.4) is 0 Å². The van der Waals surface area contributed by atoms with Crippen molar-refractivity contribution in [3.8, 4) is 0 Å². The number of carbonyl (C=O) groups is 3. The van der Waals surface area contributed by atoms with E-state index in [0.717, 1.165) is 57.8 Å². The van der Waals surface area contributed by atoms with Gasteiger partial charge in [-0.15, -0.1) is 0 Å². The topological polar surface area (TPSA) is 98.5 Å². The van der Waals surface area contributed by atoms with Crippen molar-refractivity contribution < 1.29 is 19.1 Å². The lowest BCUT2D eigenvalue weighted by molar-refractivity contribution is -0.200. The monoisotopic (exact) mass is 554 g/mol. The molecule has 224 valence electrons. The molecule has 4 fully saturated rings. The van der Waals surface area contributed by atoms with Gasteiger partial charge in [0.2, 0.25) is 5.91 Å².